The fourth-order valence-electron chi connectivity index (χ4n) is 1.96. The average molecular weight is 261 g/mol. The van der Waals surface area contributed by atoms with Crippen LogP contribution in [0.15, 0.2) is 24.5 Å². The lowest BCUT2D eigenvalue weighted by molar-refractivity contribution is -0.138. The topological polar surface area (TPSA) is 42.1 Å². The van der Waals surface area contributed by atoms with Crippen molar-refractivity contribution in [2.24, 2.45) is 5.73 Å². The van der Waals surface area contributed by atoms with Crippen molar-refractivity contribution in [3.05, 3.63) is 30.1 Å². The van der Waals surface area contributed by atoms with E-state index in [9.17, 15) is 13.2 Å². The van der Waals surface area contributed by atoms with Crippen LogP contribution in [-0.4, -0.2) is 35.7 Å². The van der Waals surface area contributed by atoms with Gasteiger partial charge in [0.1, 0.15) is 0 Å². The number of hydrogen-bond donors (Lipinski definition) is 1. The van der Waals surface area contributed by atoms with Gasteiger partial charge in [-0.2, -0.15) is 13.2 Å². The van der Waals surface area contributed by atoms with E-state index in [1.54, 1.807) is 43.4 Å². The highest BCUT2D eigenvalue weighted by atomic mass is 19.4. The lowest BCUT2D eigenvalue weighted by atomic mass is 10.0. The summed E-state index contributed by atoms with van der Waals surface area (Å²) in [5.74, 6) is 0. The molecule has 1 aromatic heterocycles. The van der Waals surface area contributed by atoms with Gasteiger partial charge in [-0.3, -0.25) is 9.88 Å². The number of pyridine rings is 1. The monoisotopic (exact) mass is 261 g/mol. The van der Waals surface area contributed by atoms with Gasteiger partial charge in [-0.25, -0.2) is 0 Å². The Balaban J connectivity index is 2.74. The Hall–Kier alpha value is -1.14. The predicted molar refractivity (Wildman–Crippen MR) is 63.9 cm³/mol. The maximum absolute atomic E-state index is 12.2. The molecule has 0 saturated heterocycles. The first-order valence-corrected chi connectivity index (χ1v) is 5.74. The number of likely N-dealkylation sites (N-methyl/N-ethyl adjacent to an activating group) is 1. The van der Waals surface area contributed by atoms with Gasteiger partial charge in [0.15, 0.2) is 0 Å². The molecule has 1 aromatic rings. The molecular formula is C12H18F3N3. The van der Waals surface area contributed by atoms with Crippen LogP contribution in [0.3, 0.4) is 0 Å². The molecule has 3 nitrogen and oxygen atoms in total. The number of rotatable bonds is 5. The molecule has 2 atom stereocenters. The highest BCUT2D eigenvalue weighted by molar-refractivity contribution is 5.16. The smallest absolute Gasteiger partial charge is 0.326 e. The van der Waals surface area contributed by atoms with Crippen LogP contribution >= 0.6 is 0 Å². The van der Waals surface area contributed by atoms with Crippen molar-refractivity contribution < 1.29 is 13.2 Å². The van der Waals surface area contributed by atoms with Gasteiger partial charge >= 0.3 is 6.18 Å². The summed E-state index contributed by atoms with van der Waals surface area (Å²) >= 11 is 0. The van der Waals surface area contributed by atoms with Gasteiger partial charge in [-0.05, 0) is 31.7 Å². The lowest BCUT2D eigenvalue weighted by Gasteiger charge is -2.31. The molecule has 0 aliphatic rings. The van der Waals surface area contributed by atoms with Crippen molar-refractivity contribution >= 4 is 0 Å². The summed E-state index contributed by atoms with van der Waals surface area (Å²) in [6, 6.07) is 3.05. The highest BCUT2D eigenvalue weighted by Crippen LogP contribution is 2.25. The van der Waals surface area contributed by atoms with Crippen LogP contribution in [0.1, 0.15) is 24.9 Å². The van der Waals surface area contributed by atoms with Gasteiger partial charge in [-0.1, -0.05) is 0 Å². The standard InChI is InChI=1S/C12H18F3N3/c1-9(16)11(10-3-6-17-7-4-10)18(2)8-5-12(13,14)15/h3-4,6-7,9,11H,5,8,16H2,1-2H3. The van der Waals surface area contributed by atoms with Gasteiger partial charge in [0.05, 0.1) is 6.42 Å². The Bertz CT molecular complexity index is 351. The SMILES string of the molecule is CC(N)C(c1ccncc1)N(C)CCC(F)(F)F. The largest absolute Gasteiger partial charge is 0.390 e. The maximum atomic E-state index is 12.2. The van der Waals surface area contributed by atoms with Crippen molar-refractivity contribution in [2.75, 3.05) is 13.6 Å². The van der Waals surface area contributed by atoms with Crippen LogP contribution < -0.4 is 5.73 Å². The van der Waals surface area contributed by atoms with Crippen molar-refractivity contribution in [2.45, 2.75) is 31.6 Å². The van der Waals surface area contributed by atoms with Gasteiger partial charge in [0.2, 0.25) is 0 Å². The molecule has 0 spiro atoms. The van der Waals surface area contributed by atoms with Crippen molar-refractivity contribution in [3.8, 4) is 0 Å². The summed E-state index contributed by atoms with van der Waals surface area (Å²) in [4.78, 5) is 5.52. The number of alkyl halides is 3. The summed E-state index contributed by atoms with van der Waals surface area (Å²) in [6.07, 6.45) is -1.75. The Kier molecular flexibility index (Phi) is 5.10. The zero-order valence-corrected chi connectivity index (χ0v) is 10.5. The normalized spacial score (nSPS) is 15.7. The van der Waals surface area contributed by atoms with Crippen LogP contribution in [0.5, 0.6) is 0 Å². The van der Waals surface area contributed by atoms with E-state index in [1.165, 1.54) is 0 Å². The first-order valence-electron chi connectivity index (χ1n) is 5.74. The summed E-state index contributed by atoms with van der Waals surface area (Å²) in [5, 5.41) is 0. The second kappa shape index (κ2) is 6.15. The third kappa shape index (κ3) is 4.62. The minimum Gasteiger partial charge on any atom is -0.326 e. The van der Waals surface area contributed by atoms with E-state index in [2.05, 4.69) is 4.98 Å². The molecule has 102 valence electrons. The molecule has 1 rings (SSSR count). The molecular weight excluding hydrogens is 243 g/mol. The second-order valence-electron chi connectivity index (χ2n) is 4.43. The molecule has 0 saturated carbocycles. The summed E-state index contributed by atoms with van der Waals surface area (Å²) in [6.45, 7) is 1.72. The van der Waals surface area contributed by atoms with Crippen LogP contribution in [0.2, 0.25) is 0 Å². The van der Waals surface area contributed by atoms with E-state index in [0.29, 0.717) is 0 Å². The summed E-state index contributed by atoms with van der Waals surface area (Å²) in [5.41, 5.74) is 6.74. The predicted octanol–water partition coefficient (Wildman–Crippen LogP) is 2.35. The Morgan fingerprint density at radius 2 is 1.89 bits per heavy atom. The van der Waals surface area contributed by atoms with Crippen LogP contribution in [0.4, 0.5) is 13.2 Å². The van der Waals surface area contributed by atoms with E-state index in [0.717, 1.165) is 5.56 Å². The van der Waals surface area contributed by atoms with E-state index in [4.69, 9.17) is 5.73 Å². The fourth-order valence-corrected chi connectivity index (χ4v) is 1.96. The summed E-state index contributed by atoms with van der Waals surface area (Å²) in [7, 11) is 1.65. The molecule has 2 N–H and O–H groups in total. The molecule has 0 bridgehead atoms. The first-order chi connectivity index (χ1) is 8.31. The number of aromatic nitrogens is 1. The molecule has 0 aliphatic heterocycles. The molecule has 0 aliphatic carbocycles. The van der Waals surface area contributed by atoms with Gasteiger partial charge < -0.3 is 5.73 Å². The van der Waals surface area contributed by atoms with Crippen LogP contribution in [0.25, 0.3) is 0 Å². The molecule has 0 amide bonds. The molecule has 0 aromatic carbocycles. The van der Waals surface area contributed by atoms with E-state index in [-0.39, 0.29) is 18.6 Å². The maximum Gasteiger partial charge on any atom is 0.390 e. The fraction of sp³-hybridized carbons (Fsp3) is 0.583. The molecule has 0 fully saturated rings. The zero-order chi connectivity index (χ0) is 13.8. The van der Waals surface area contributed by atoms with Gasteiger partial charge in [0, 0.05) is 31.0 Å². The van der Waals surface area contributed by atoms with Crippen LogP contribution in [0, 0.1) is 0 Å². The van der Waals surface area contributed by atoms with Gasteiger partial charge in [0.25, 0.3) is 0 Å². The average Bonchev–Trinajstić information content (AvgIpc) is 2.26. The zero-order valence-electron chi connectivity index (χ0n) is 10.5. The quantitative estimate of drug-likeness (QED) is 0.884. The van der Waals surface area contributed by atoms with Gasteiger partial charge in [-0.15, -0.1) is 0 Å². The Morgan fingerprint density at radius 3 is 2.33 bits per heavy atom. The molecule has 1 heterocycles. The molecule has 0 radical (unpaired) electrons. The van der Waals surface area contributed by atoms with E-state index < -0.39 is 12.6 Å². The second-order valence-corrected chi connectivity index (χ2v) is 4.43. The number of nitrogens with two attached hydrogens (primary N) is 1. The first kappa shape index (κ1) is 14.9. The summed E-state index contributed by atoms with van der Waals surface area (Å²) < 4.78 is 36.6. The third-order valence-electron chi connectivity index (χ3n) is 2.77. The molecule has 2 unspecified atom stereocenters. The highest BCUT2D eigenvalue weighted by Gasteiger charge is 2.29. The number of halogens is 3. The number of nitrogens with zero attached hydrogens (tertiary/aromatic N) is 2. The molecule has 18 heavy (non-hydrogen) atoms. The van der Waals surface area contributed by atoms with E-state index >= 15 is 0 Å². The minimum absolute atomic E-state index is 0.0714. The van der Waals surface area contributed by atoms with Crippen molar-refractivity contribution in [1.82, 2.24) is 9.88 Å². The molecule has 6 heteroatoms. The number of hydrogen-bond acceptors (Lipinski definition) is 3. The third-order valence-corrected chi connectivity index (χ3v) is 2.77. The van der Waals surface area contributed by atoms with E-state index in [1.807, 2.05) is 0 Å². The van der Waals surface area contributed by atoms with Crippen molar-refractivity contribution in [3.63, 3.8) is 0 Å². The van der Waals surface area contributed by atoms with Crippen molar-refractivity contribution in [1.29, 1.82) is 0 Å². The minimum atomic E-state index is -4.14. The lowest BCUT2D eigenvalue weighted by Crippen LogP contribution is -2.38. The van der Waals surface area contributed by atoms with Crippen LogP contribution in [-0.2, 0) is 0 Å². The Morgan fingerprint density at radius 1 is 1.33 bits per heavy atom. The Labute approximate surface area is 105 Å².